The maximum absolute atomic E-state index is 5.93. The quantitative estimate of drug-likeness (QED) is 0.531. The first-order chi connectivity index (χ1) is 4.72. The summed E-state index contributed by atoms with van der Waals surface area (Å²) in [5.41, 5.74) is 0. The van der Waals surface area contributed by atoms with E-state index in [4.69, 9.17) is 34.8 Å². The van der Waals surface area contributed by atoms with Crippen LogP contribution in [0.1, 0.15) is 12.8 Å². The molecule has 0 bridgehead atoms. The Morgan fingerprint density at radius 1 is 1.18 bits per heavy atom. The standard InChI is InChI=1S/C6H10Cl3.ClH.Sn/c1-5(8)6(9)3-2-4-7;;/h5-6H,1-4H2;1H;. The molecule has 5 heteroatoms. The van der Waals surface area contributed by atoms with E-state index in [1.807, 2.05) is 0 Å². The Hall–Kier alpha value is 1.96. The van der Waals surface area contributed by atoms with Gasteiger partial charge in [-0.05, 0) is 0 Å². The van der Waals surface area contributed by atoms with Crippen LogP contribution in [0.15, 0.2) is 0 Å². The van der Waals surface area contributed by atoms with E-state index in [2.05, 4.69) is 0 Å². The minimum atomic E-state index is 0. The maximum atomic E-state index is 5.93. The van der Waals surface area contributed by atoms with Crippen molar-refractivity contribution in [2.75, 3.05) is 5.88 Å². The first-order valence-electron chi connectivity index (χ1n) is 3.21. The van der Waals surface area contributed by atoms with E-state index in [-0.39, 0.29) is 23.2 Å². The van der Waals surface area contributed by atoms with Gasteiger partial charge < -0.3 is 0 Å². The molecule has 0 heterocycles. The first-order valence-corrected chi connectivity index (χ1v) is 6.63. The molecule has 0 rings (SSSR count). The van der Waals surface area contributed by atoms with Gasteiger partial charge in [0.25, 0.3) is 0 Å². The van der Waals surface area contributed by atoms with Crippen LogP contribution < -0.4 is 0 Å². The van der Waals surface area contributed by atoms with Crippen molar-refractivity contribution in [2.24, 2.45) is 0 Å². The molecular formula is C6H11Cl4Sn. The Labute approximate surface area is 103 Å². The molecule has 0 aliphatic carbocycles. The van der Waals surface area contributed by atoms with Crippen LogP contribution in [0, 0.1) is 0 Å². The SMILES string of the molecule is Cl.ClCCCC(Cl)C(Cl)[CH2][Sn]. The van der Waals surface area contributed by atoms with Gasteiger partial charge in [0.05, 0.1) is 0 Å². The summed E-state index contributed by atoms with van der Waals surface area (Å²) in [5, 5.41) is 0.253. The molecule has 0 saturated carbocycles. The molecule has 2 unspecified atom stereocenters. The summed E-state index contributed by atoms with van der Waals surface area (Å²) in [6.45, 7) is 0. The Morgan fingerprint density at radius 3 is 2.09 bits per heavy atom. The number of hydrogen-bond acceptors (Lipinski definition) is 0. The van der Waals surface area contributed by atoms with Gasteiger partial charge in [-0.15, -0.1) is 12.4 Å². The molecule has 11 heavy (non-hydrogen) atoms. The van der Waals surface area contributed by atoms with Crippen LogP contribution in [0.3, 0.4) is 0 Å². The Kier molecular flexibility index (Phi) is 14.1. The van der Waals surface area contributed by atoms with Crippen LogP contribution in [0.4, 0.5) is 0 Å². The predicted molar refractivity (Wildman–Crippen MR) is 57.0 cm³/mol. The summed E-state index contributed by atoms with van der Waals surface area (Å²) in [7, 11) is 0. The van der Waals surface area contributed by atoms with E-state index in [0.29, 0.717) is 5.88 Å². The Bertz CT molecular complexity index is 81.0. The van der Waals surface area contributed by atoms with E-state index < -0.39 is 0 Å². The van der Waals surface area contributed by atoms with Crippen molar-refractivity contribution in [1.29, 1.82) is 0 Å². The minimum absolute atomic E-state index is 0. The van der Waals surface area contributed by atoms with Gasteiger partial charge in [0.15, 0.2) is 0 Å². The van der Waals surface area contributed by atoms with Gasteiger partial charge in [-0.2, -0.15) is 0 Å². The number of alkyl halides is 3. The van der Waals surface area contributed by atoms with Gasteiger partial charge in [0.2, 0.25) is 0 Å². The van der Waals surface area contributed by atoms with Gasteiger partial charge >= 0.3 is 91.2 Å². The van der Waals surface area contributed by atoms with Crippen molar-refractivity contribution in [3.05, 3.63) is 0 Å². The summed E-state index contributed by atoms with van der Waals surface area (Å²) in [6.07, 6.45) is 1.91. The average molecular weight is 344 g/mol. The zero-order chi connectivity index (χ0) is 7.98. The normalized spacial score (nSPS) is 15.3. The van der Waals surface area contributed by atoms with Crippen LogP contribution in [0.25, 0.3) is 0 Å². The van der Waals surface area contributed by atoms with Crippen LogP contribution in [-0.2, 0) is 0 Å². The third-order valence-corrected chi connectivity index (χ3v) is 4.57. The number of rotatable bonds is 5. The van der Waals surface area contributed by atoms with Crippen molar-refractivity contribution >= 4 is 69.7 Å². The Balaban J connectivity index is 0. The molecule has 0 saturated heterocycles. The van der Waals surface area contributed by atoms with Crippen molar-refractivity contribution in [2.45, 2.75) is 28.0 Å². The summed E-state index contributed by atoms with van der Waals surface area (Å²) in [5.74, 6) is 0.684. The molecule has 67 valence electrons. The molecule has 0 aromatic heterocycles. The molecule has 0 spiro atoms. The summed E-state index contributed by atoms with van der Waals surface area (Å²) in [6, 6.07) is 0. The van der Waals surface area contributed by atoms with Crippen molar-refractivity contribution < 1.29 is 0 Å². The van der Waals surface area contributed by atoms with Gasteiger partial charge in [-0.3, -0.25) is 0 Å². The molecule has 3 radical (unpaired) electrons. The van der Waals surface area contributed by atoms with Crippen LogP contribution in [-0.4, -0.2) is 39.2 Å². The topological polar surface area (TPSA) is 0 Å². The van der Waals surface area contributed by atoms with Crippen molar-refractivity contribution in [3.63, 3.8) is 0 Å². The molecule has 0 fully saturated rings. The van der Waals surface area contributed by atoms with E-state index in [1.165, 1.54) is 22.5 Å². The second-order valence-electron chi connectivity index (χ2n) is 2.07. The Morgan fingerprint density at radius 2 is 1.73 bits per heavy atom. The summed E-state index contributed by atoms with van der Waals surface area (Å²) >= 11 is 18.8. The third-order valence-electron chi connectivity index (χ3n) is 1.20. The van der Waals surface area contributed by atoms with Crippen LogP contribution >= 0.6 is 47.2 Å². The first kappa shape index (κ1) is 15.4. The van der Waals surface area contributed by atoms with E-state index >= 15 is 0 Å². The fourth-order valence-electron chi connectivity index (χ4n) is 0.581. The van der Waals surface area contributed by atoms with E-state index in [1.54, 1.807) is 0 Å². The molecule has 0 amide bonds. The zero-order valence-electron chi connectivity index (χ0n) is 6.03. The molecule has 0 aromatic rings. The molecular weight excluding hydrogens is 333 g/mol. The second-order valence-corrected chi connectivity index (χ2v) is 4.73. The van der Waals surface area contributed by atoms with E-state index in [0.717, 1.165) is 17.3 Å². The fraction of sp³-hybridized carbons (Fsp3) is 1.00. The summed E-state index contributed by atoms with van der Waals surface area (Å²) < 4.78 is 1.02. The molecule has 0 aliphatic heterocycles. The molecule has 0 N–H and O–H groups in total. The molecule has 0 nitrogen and oxygen atoms in total. The fourth-order valence-corrected chi connectivity index (χ4v) is 2.34. The molecule has 0 aromatic carbocycles. The van der Waals surface area contributed by atoms with Crippen molar-refractivity contribution in [1.82, 2.24) is 0 Å². The average Bonchev–Trinajstić information content (AvgIpc) is 1.98. The zero-order valence-corrected chi connectivity index (χ0v) is 12.0. The van der Waals surface area contributed by atoms with Gasteiger partial charge in [-0.1, -0.05) is 0 Å². The van der Waals surface area contributed by atoms with E-state index in [9.17, 15) is 0 Å². The third kappa shape index (κ3) is 8.29. The predicted octanol–water partition coefficient (Wildman–Crippen LogP) is 3.23. The van der Waals surface area contributed by atoms with Crippen LogP contribution in [0.5, 0.6) is 0 Å². The van der Waals surface area contributed by atoms with Gasteiger partial charge in [0.1, 0.15) is 0 Å². The van der Waals surface area contributed by atoms with Gasteiger partial charge in [-0.25, -0.2) is 0 Å². The molecule has 2 atom stereocenters. The van der Waals surface area contributed by atoms with Crippen LogP contribution in [0.2, 0.25) is 4.44 Å². The van der Waals surface area contributed by atoms with Gasteiger partial charge in [0, 0.05) is 0 Å². The van der Waals surface area contributed by atoms with Crippen molar-refractivity contribution in [3.8, 4) is 0 Å². The number of hydrogen-bond donors (Lipinski definition) is 0. The second kappa shape index (κ2) is 10.0. The molecule has 0 aliphatic rings. The monoisotopic (exact) mass is 343 g/mol. The summed E-state index contributed by atoms with van der Waals surface area (Å²) in [4.78, 5) is 0. The number of halogens is 4.